The maximum Gasteiger partial charge on any atom is 0.404 e. The zero-order valence-electron chi connectivity index (χ0n) is 69.1. The second-order valence-corrected chi connectivity index (χ2v) is 33.9. The average Bonchev–Trinajstić information content (AvgIpc) is 1.06. The van der Waals surface area contributed by atoms with E-state index in [1.807, 2.05) is 0 Å². The van der Waals surface area contributed by atoms with Crippen LogP contribution in [0.25, 0.3) is 0 Å². The van der Waals surface area contributed by atoms with Crippen LogP contribution in [0.4, 0.5) is 52.7 Å². The third-order valence-corrected chi connectivity index (χ3v) is 22.7. The first-order chi connectivity index (χ1) is 56.3. The molecule has 0 aromatic heterocycles. The van der Waals surface area contributed by atoms with Crippen molar-refractivity contribution in [3.63, 3.8) is 0 Å². The van der Waals surface area contributed by atoms with Crippen LogP contribution in [0.2, 0.25) is 0 Å². The van der Waals surface area contributed by atoms with Gasteiger partial charge >= 0.3 is 65.7 Å². The molecule has 0 aromatic rings. The van der Waals surface area contributed by atoms with Gasteiger partial charge in [0.1, 0.15) is 24.4 Å². The van der Waals surface area contributed by atoms with Crippen LogP contribution in [0.5, 0.6) is 0 Å². The molecule has 6 spiro atoms. The SMILES string of the molecule is CC(C)(C(=O)OC1CCCCC12OCC(CO)O2)C(F)(F)F.CC(C)(F)C(=O)OC1CCCCC12OCC(CO)O2.CC(F)(F)C(=O)OC1CCCC12OCC(CO)(CO)CO2.CC(F)(F)C(=O)OC1CCCC12OCC(CO)O2.CC(F)(F)C(=O)OC1CCCCC12OCC(CO)(CO)CO2.CC(F)(F)C(=O)OC1CCCCC12OCC(CO)O2. The summed E-state index contributed by atoms with van der Waals surface area (Å²) in [6.07, 6.45) is 1.16. The molecule has 6 aliphatic carbocycles. The molecule has 32 nitrogen and oxygen atoms in total. The first-order valence-corrected chi connectivity index (χ1v) is 40.5. The fourth-order valence-corrected chi connectivity index (χ4v) is 14.9. The Morgan fingerprint density at radius 1 is 0.289 bits per heavy atom. The topological polar surface area (TPSA) is 430 Å². The fraction of sp³-hybridized carbons (Fsp3) is 0.922. The van der Waals surface area contributed by atoms with Gasteiger partial charge in [0, 0.05) is 66.2 Å². The van der Waals surface area contributed by atoms with Crippen LogP contribution >= 0.6 is 0 Å². The molecule has 6 aliphatic heterocycles. The Morgan fingerprint density at radius 3 is 0.711 bits per heavy atom. The molecule has 121 heavy (non-hydrogen) atoms. The summed E-state index contributed by atoms with van der Waals surface area (Å²) in [4.78, 5) is 68.9. The first kappa shape index (κ1) is 103. The lowest BCUT2D eigenvalue weighted by atomic mass is 9.86. The predicted octanol–water partition coefficient (Wildman–Crippen LogP) is 6.85. The molecule has 14 atom stereocenters. The summed E-state index contributed by atoms with van der Waals surface area (Å²) in [5.41, 5.74) is -6.47. The molecule has 0 amide bonds. The molecule has 12 rings (SSSR count). The van der Waals surface area contributed by atoms with E-state index in [1.54, 1.807) is 0 Å². The van der Waals surface area contributed by atoms with Gasteiger partial charge in [0.2, 0.25) is 40.4 Å². The van der Waals surface area contributed by atoms with E-state index in [0.29, 0.717) is 130 Å². The summed E-state index contributed by atoms with van der Waals surface area (Å²) in [6.45, 7) is 4.52. The van der Waals surface area contributed by atoms with Crippen molar-refractivity contribution in [3.05, 3.63) is 0 Å². The van der Waals surface area contributed by atoms with E-state index in [1.165, 1.54) is 0 Å². The summed E-state index contributed by atoms with van der Waals surface area (Å²) >= 11 is 0. The highest BCUT2D eigenvalue weighted by Crippen LogP contribution is 2.49. The highest BCUT2D eigenvalue weighted by atomic mass is 19.4. The van der Waals surface area contributed by atoms with Gasteiger partial charge in [-0.15, -0.1) is 0 Å². The minimum Gasteiger partial charge on any atom is -0.456 e. The van der Waals surface area contributed by atoms with Gasteiger partial charge in [-0.25, -0.2) is 28.4 Å². The molecule has 702 valence electrons. The number of ether oxygens (including phenoxy) is 18. The van der Waals surface area contributed by atoms with Crippen LogP contribution in [0, 0.1) is 16.2 Å². The fourth-order valence-electron chi connectivity index (χ4n) is 14.9. The van der Waals surface area contributed by atoms with Gasteiger partial charge in [-0.3, -0.25) is 4.79 Å². The molecule has 0 aromatic carbocycles. The molecular formula is C77H118F12O32. The maximum atomic E-state index is 13.6. The van der Waals surface area contributed by atoms with Gasteiger partial charge in [0.25, 0.3) is 0 Å². The van der Waals surface area contributed by atoms with Crippen LogP contribution in [0.1, 0.15) is 197 Å². The van der Waals surface area contributed by atoms with E-state index in [0.717, 1.165) is 66.2 Å². The lowest BCUT2D eigenvalue weighted by Crippen LogP contribution is -2.60. The van der Waals surface area contributed by atoms with Crippen molar-refractivity contribution in [1.82, 2.24) is 0 Å². The minimum atomic E-state index is -4.70. The van der Waals surface area contributed by atoms with Crippen molar-refractivity contribution >= 4 is 35.8 Å². The number of rotatable bonds is 20. The van der Waals surface area contributed by atoms with Gasteiger partial charge in [0.05, 0.1) is 117 Å². The van der Waals surface area contributed by atoms with Crippen LogP contribution in [-0.2, 0) is 114 Å². The Morgan fingerprint density at radius 2 is 0.496 bits per heavy atom. The second-order valence-electron chi connectivity index (χ2n) is 33.9. The summed E-state index contributed by atoms with van der Waals surface area (Å²) < 4.78 is 252. The van der Waals surface area contributed by atoms with Crippen LogP contribution in [-0.4, -0.2) is 314 Å². The van der Waals surface area contributed by atoms with Gasteiger partial charge in [-0.05, 0) is 130 Å². The third-order valence-electron chi connectivity index (χ3n) is 22.7. The third kappa shape index (κ3) is 26.0. The standard InChI is InChI=1S/C14H21F3O5.C14H22F2O6.C13H20F2O6.C13H21FO5.C12H18F2O5.C11H16F2O5/c1-12(2,14(15,16)17)11(19)21-10-5-3-4-6-13(10)20-8-9(7-18)22-13;1-12(15,16)11(19)22-10-4-2-3-5-14(10)20-8-13(6-17,7-18)9-21-14;1-11(14,15)10(18)21-9-3-2-4-13(9)19-7-12(5-16,6-17)8-20-13;1-12(2,14)11(16)18-10-5-3-4-6-13(10)17-8-9(7-15)19-13;1-11(13,14)10(16)18-9-4-2-3-5-12(9)17-7-8(6-15)19-12;1-10(12,13)9(15)17-8-3-2-4-11(8)16-6-7(5-14)18-11/h9-10,18H,3-8H2,1-2H3;10,17-18H,2-9H2,1H3;9,16-17H,2-8H2,1H3;9-10,15H,3-8H2,1-2H3;8-9,15H,2-7H2,1H3;7-8,14H,2-6H2,1H3. The van der Waals surface area contributed by atoms with Crippen LogP contribution < -0.4 is 0 Å². The average molecular weight is 1780 g/mol. The quantitative estimate of drug-likeness (QED) is 0.0350. The van der Waals surface area contributed by atoms with Gasteiger partial charge in [-0.1, -0.05) is 0 Å². The molecule has 6 saturated carbocycles. The molecule has 44 heteroatoms. The van der Waals surface area contributed by atoms with Crippen molar-refractivity contribution in [2.45, 2.75) is 328 Å². The molecule has 6 saturated heterocycles. The summed E-state index contributed by atoms with van der Waals surface area (Å²) in [7, 11) is 0. The van der Waals surface area contributed by atoms with Gasteiger partial charge in [0.15, 0.2) is 42.0 Å². The monoisotopic (exact) mass is 1780 g/mol. The van der Waals surface area contributed by atoms with E-state index in [9.17, 15) is 102 Å². The van der Waals surface area contributed by atoms with Crippen molar-refractivity contribution in [1.29, 1.82) is 0 Å². The highest BCUT2D eigenvalue weighted by Gasteiger charge is 2.62. The van der Waals surface area contributed by atoms with Crippen LogP contribution in [0.15, 0.2) is 0 Å². The number of hydrogen-bond donors (Lipinski definition) is 8. The Bertz CT molecular complexity index is 3240. The first-order valence-electron chi connectivity index (χ1n) is 40.5. The summed E-state index contributed by atoms with van der Waals surface area (Å²) in [5.74, 6) is -29.9. The molecule has 0 radical (unpaired) electrons. The van der Waals surface area contributed by atoms with E-state index in [4.69, 9.17) is 106 Å². The minimum absolute atomic E-state index is 0.0105. The lowest BCUT2D eigenvalue weighted by Gasteiger charge is -2.49. The highest BCUT2D eigenvalue weighted by molar-refractivity contribution is 5.80. The number of aliphatic hydroxyl groups excluding tert-OH is 8. The zero-order chi connectivity index (χ0) is 90.3. The van der Waals surface area contributed by atoms with E-state index in [-0.39, 0.29) is 106 Å². The second kappa shape index (κ2) is 42.0. The predicted molar refractivity (Wildman–Crippen MR) is 383 cm³/mol. The zero-order valence-corrected chi connectivity index (χ0v) is 69.1. The number of hydrogen-bond acceptors (Lipinski definition) is 32. The molecule has 14 unspecified atom stereocenters. The summed E-state index contributed by atoms with van der Waals surface area (Å²) in [5, 5.41) is 73.5. The number of alkyl halides is 12. The number of carbonyl (C=O) groups excluding carboxylic acids is 6. The van der Waals surface area contributed by atoms with Crippen molar-refractivity contribution in [2.24, 2.45) is 16.2 Å². The van der Waals surface area contributed by atoms with Crippen molar-refractivity contribution < 1.29 is 208 Å². The maximum absolute atomic E-state index is 13.6. The Labute approximate surface area is 691 Å². The van der Waals surface area contributed by atoms with Crippen LogP contribution in [0.3, 0.4) is 0 Å². The number of carbonyl (C=O) groups is 6. The Hall–Kier alpha value is -4.82. The van der Waals surface area contributed by atoms with E-state index in [2.05, 4.69) is 0 Å². The number of halogens is 12. The largest absolute Gasteiger partial charge is 0.456 e. The molecular weight excluding hydrogens is 1660 g/mol. The molecule has 8 N–H and O–H groups in total. The molecule has 0 bridgehead atoms. The molecule has 12 aliphatic rings. The lowest BCUT2D eigenvalue weighted by molar-refractivity contribution is -0.354. The number of aliphatic hydroxyl groups is 8. The van der Waals surface area contributed by atoms with E-state index < -0.39 is 183 Å². The summed E-state index contributed by atoms with van der Waals surface area (Å²) in [6, 6.07) is 0. The van der Waals surface area contributed by atoms with Crippen molar-refractivity contribution in [3.8, 4) is 0 Å². The molecule has 12 fully saturated rings. The van der Waals surface area contributed by atoms with E-state index >= 15 is 0 Å². The normalized spacial score (nSPS) is 32.4. The van der Waals surface area contributed by atoms with Gasteiger partial charge in [-0.2, -0.15) is 48.3 Å². The smallest absolute Gasteiger partial charge is 0.404 e. The molecule has 6 heterocycles. The Balaban J connectivity index is 0.000000200. The Kier molecular flexibility index (Phi) is 35.8. The van der Waals surface area contributed by atoms with Gasteiger partial charge < -0.3 is 126 Å². The van der Waals surface area contributed by atoms with Crippen molar-refractivity contribution in [2.75, 3.05) is 106 Å². The number of esters is 6.